The van der Waals surface area contributed by atoms with Gasteiger partial charge in [0, 0.05) is 28.1 Å². The first-order valence-electron chi connectivity index (χ1n) is 5.82. The summed E-state index contributed by atoms with van der Waals surface area (Å²) < 4.78 is 27.6. The van der Waals surface area contributed by atoms with Crippen molar-refractivity contribution in [2.24, 2.45) is 0 Å². The first-order chi connectivity index (χ1) is 8.43. The van der Waals surface area contributed by atoms with E-state index in [1.807, 2.05) is 24.8 Å². The molecule has 0 saturated carbocycles. The van der Waals surface area contributed by atoms with Gasteiger partial charge in [0.25, 0.3) is 0 Å². The lowest BCUT2D eigenvalue weighted by Gasteiger charge is -2.36. The van der Waals surface area contributed by atoms with E-state index in [-0.39, 0.29) is 6.04 Å². The smallest absolute Gasteiger partial charge is 0.207 e. The SMILES string of the molecule is CC1SCCN(S(=O)(=O)c2cccc(Br)c2)C1C. The third-order valence-corrected chi connectivity index (χ3v) is 7.04. The molecule has 0 N–H and O–H groups in total. The van der Waals surface area contributed by atoms with Crippen LogP contribution in [0.5, 0.6) is 0 Å². The van der Waals surface area contributed by atoms with Crippen molar-refractivity contribution in [1.29, 1.82) is 0 Å². The van der Waals surface area contributed by atoms with Crippen LogP contribution in [-0.4, -0.2) is 36.3 Å². The summed E-state index contributed by atoms with van der Waals surface area (Å²) in [6.07, 6.45) is 0. The third-order valence-electron chi connectivity index (χ3n) is 3.23. The first kappa shape index (κ1) is 14.4. The summed E-state index contributed by atoms with van der Waals surface area (Å²) in [5.41, 5.74) is 0. The number of benzene rings is 1. The Balaban J connectivity index is 2.36. The normalized spacial score (nSPS) is 26.2. The molecule has 18 heavy (non-hydrogen) atoms. The van der Waals surface area contributed by atoms with E-state index in [4.69, 9.17) is 0 Å². The van der Waals surface area contributed by atoms with Gasteiger partial charge in [0.05, 0.1) is 4.90 Å². The number of thioether (sulfide) groups is 1. The summed E-state index contributed by atoms with van der Waals surface area (Å²) in [7, 11) is -3.38. The fraction of sp³-hybridized carbons (Fsp3) is 0.500. The molecule has 1 aromatic rings. The van der Waals surface area contributed by atoms with Crippen LogP contribution in [-0.2, 0) is 10.0 Å². The predicted octanol–water partition coefficient (Wildman–Crippen LogP) is 2.96. The van der Waals surface area contributed by atoms with Crippen molar-refractivity contribution in [3.8, 4) is 0 Å². The zero-order chi connectivity index (χ0) is 13.3. The molecule has 100 valence electrons. The Morgan fingerprint density at radius 3 is 2.78 bits per heavy atom. The summed E-state index contributed by atoms with van der Waals surface area (Å²) >= 11 is 5.15. The Kier molecular flexibility index (Phi) is 4.41. The lowest BCUT2D eigenvalue weighted by atomic mass is 10.2. The Morgan fingerprint density at radius 1 is 1.39 bits per heavy atom. The summed E-state index contributed by atoms with van der Waals surface area (Å²) in [4.78, 5) is 0.364. The molecule has 2 unspecified atom stereocenters. The molecular weight excluding hydrogens is 334 g/mol. The van der Waals surface area contributed by atoms with Gasteiger partial charge in [0.15, 0.2) is 0 Å². The molecular formula is C12H16BrNO2S2. The molecule has 1 fully saturated rings. The van der Waals surface area contributed by atoms with Gasteiger partial charge >= 0.3 is 0 Å². The molecule has 0 aromatic heterocycles. The van der Waals surface area contributed by atoms with Crippen molar-refractivity contribution < 1.29 is 8.42 Å². The molecule has 6 heteroatoms. The quantitative estimate of drug-likeness (QED) is 0.823. The number of hydrogen-bond acceptors (Lipinski definition) is 3. The maximum absolute atomic E-state index is 12.6. The van der Waals surface area contributed by atoms with Crippen LogP contribution in [0, 0.1) is 0 Å². The van der Waals surface area contributed by atoms with E-state index < -0.39 is 10.0 Å². The molecule has 0 bridgehead atoms. The van der Waals surface area contributed by atoms with Crippen LogP contribution in [0.2, 0.25) is 0 Å². The van der Waals surface area contributed by atoms with E-state index in [9.17, 15) is 8.42 Å². The van der Waals surface area contributed by atoms with Gasteiger partial charge in [-0.25, -0.2) is 8.42 Å². The second kappa shape index (κ2) is 5.53. The van der Waals surface area contributed by atoms with Crippen molar-refractivity contribution in [3.63, 3.8) is 0 Å². The highest BCUT2D eigenvalue weighted by molar-refractivity contribution is 9.10. The number of nitrogens with zero attached hydrogens (tertiary/aromatic N) is 1. The standard InChI is InChI=1S/C12H16BrNO2S2/c1-9-10(2)17-7-6-14(9)18(15,16)12-5-3-4-11(13)8-12/h3-5,8-10H,6-7H2,1-2H3. The largest absolute Gasteiger partial charge is 0.243 e. The molecule has 0 spiro atoms. The average Bonchev–Trinajstić information content (AvgIpc) is 2.32. The van der Waals surface area contributed by atoms with Gasteiger partial charge in [-0.15, -0.1) is 0 Å². The van der Waals surface area contributed by atoms with E-state index in [2.05, 4.69) is 22.9 Å². The van der Waals surface area contributed by atoms with Gasteiger partial charge in [-0.2, -0.15) is 16.1 Å². The second-order valence-corrected chi connectivity index (χ2v) is 8.68. The zero-order valence-corrected chi connectivity index (χ0v) is 13.6. The van der Waals surface area contributed by atoms with Crippen LogP contribution in [0.15, 0.2) is 33.6 Å². The number of hydrogen-bond donors (Lipinski definition) is 0. The van der Waals surface area contributed by atoms with Crippen molar-refractivity contribution >= 4 is 37.7 Å². The molecule has 2 atom stereocenters. The zero-order valence-electron chi connectivity index (χ0n) is 10.3. The third kappa shape index (κ3) is 2.76. The van der Waals surface area contributed by atoms with Crippen LogP contribution in [0.25, 0.3) is 0 Å². The summed E-state index contributed by atoms with van der Waals surface area (Å²) in [5, 5.41) is 0.334. The molecule has 0 aliphatic carbocycles. The minimum absolute atomic E-state index is 0.0349. The lowest BCUT2D eigenvalue weighted by Crippen LogP contribution is -2.47. The topological polar surface area (TPSA) is 37.4 Å². The second-order valence-electron chi connectivity index (χ2n) is 4.39. The highest BCUT2D eigenvalue weighted by atomic mass is 79.9. The van der Waals surface area contributed by atoms with E-state index >= 15 is 0 Å². The number of sulfonamides is 1. The van der Waals surface area contributed by atoms with Crippen LogP contribution in [0.1, 0.15) is 13.8 Å². The van der Waals surface area contributed by atoms with E-state index in [0.717, 1.165) is 10.2 Å². The molecule has 1 aromatic carbocycles. The fourth-order valence-electron chi connectivity index (χ4n) is 2.01. The van der Waals surface area contributed by atoms with Gasteiger partial charge < -0.3 is 0 Å². The highest BCUT2D eigenvalue weighted by Gasteiger charge is 2.34. The molecule has 0 radical (unpaired) electrons. The maximum atomic E-state index is 12.6. The van der Waals surface area contributed by atoms with Gasteiger partial charge in [0.1, 0.15) is 0 Å². The maximum Gasteiger partial charge on any atom is 0.243 e. The molecule has 1 heterocycles. The average molecular weight is 350 g/mol. The summed E-state index contributed by atoms with van der Waals surface area (Å²) in [6.45, 7) is 4.65. The van der Waals surface area contributed by atoms with Crippen molar-refractivity contribution in [1.82, 2.24) is 4.31 Å². The first-order valence-corrected chi connectivity index (χ1v) is 9.10. The minimum Gasteiger partial charge on any atom is -0.207 e. The fourth-order valence-corrected chi connectivity index (χ4v) is 5.60. The Hall–Kier alpha value is -0.0400. The van der Waals surface area contributed by atoms with Crippen LogP contribution in [0.3, 0.4) is 0 Å². The monoisotopic (exact) mass is 349 g/mol. The van der Waals surface area contributed by atoms with Crippen LogP contribution >= 0.6 is 27.7 Å². The number of rotatable bonds is 2. The predicted molar refractivity (Wildman–Crippen MR) is 79.4 cm³/mol. The van der Waals surface area contributed by atoms with E-state index in [0.29, 0.717) is 16.7 Å². The summed E-state index contributed by atoms with van der Waals surface area (Å²) in [5.74, 6) is 0.860. The van der Waals surface area contributed by atoms with E-state index in [1.54, 1.807) is 22.5 Å². The minimum atomic E-state index is -3.38. The van der Waals surface area contributed by atoms with Crippen molar-refractivity contribution in [2.75, 3.05) is 12.3 Å². The Labute approximate surface area is 121 Å². The number of halogens is 1. The Morgan fingerprint density at radius 2 is 2.11 bits per heavy atom. The van der Waals surface area contributed by atoms with Crippen molar-refractivity contribution in [2.45, 2.75) is 30.0 Å². The van der Waals surface area contributed by atoms with Gasteiger partial charge in [-0.3, -0.25) is 0 Å². The molecule has 0 amide bonds. The molecule has 3 nitrogen and oxygen atoms in total. The van der Waals surface area contributed by atoms with Crippen LogP contribution in [0.4, 0.5) is 0 Å². The van der Waals surface area contributed by atoms with Crippen molar-refractivity contribution in [3.05, 3.63) is 28.7 Å². The van der Waals surface area contributed by atoms with E-state index in [1.165, 1.54) is 0 Å². The van der Waals surface area contributed by atoms with Gasteiger partial charge in [-0.05, 0) is 25.1 Å². The van der Waals surface area contributed by atoms with Crippen LogP contribution < -0.4 is 0 Å². The summed E-state index contributed by atoms with van der Waals surface area (Å²) in [6, 6.07) is 6.93. The van der Waals surface area contributed by atoms with Gasteiger partial charge in [-0.1, -0.05) is 28.9 Å². The molecule has 1 saturated heterocycles. The van der Waals surface area contributed by atoms with Gasteiger partial charge in [0.2, 0.25) is 10.0 Å². The molecule has 2 rings (SSSR count). The Bertz CT molecular complexity index is 533. The molecule has 1 aliphatic rings. The molecule has 1 aliphatic heterocycles. The lowest BCUT2D eigenvalue weighted by molar-refractivity contribution is 0.340. The highest BCUT2D eigenvalue weighted by Crippen LogP contribution is 2.30.